The van der Waals surface area contributed by atoms with E-state index in [4.69, 9.17) is 4.74 Å². The lowest BCUT2D eigenvalue weighted by Crippen LogP contribution is -2.25. The number of anilines is 1. The lowest BCUT2D eigenvalue weighted by atomic mass is 9.92. The normalized spacial score (nSPS) is 12.2. The summed E-state index contributed by atoms with van der Waals surface area (Å²) in [6, 6.07) is 6.13. The molecule has 1 rings (SSSR count). The Hall–Kier alpha value is -1.44. The van der Waals surface area contributed by atoms with Crippen LogP contribution in [0.4, 0.5) is 5.69 Å². The lowest BCUT2D eigenvalue weighted by Gasteiger charge is -2.17. The average molecular weight is 342 g/mol. The second-order valence-electron chi connectivity index (χ2n) is 6.55. The quantitative estimate of drug-likeness (QED) is 0.710. The van der Waals surface area contributed by atoms with E-state index in [1.54, 1.807) is 19.2 Å². The highest BCUT2D eigenvalue weighted by atomic mass is 32.2. The molecule has 1 aromatic carbocycles. The largest absolute Gasteiger partial charge is 0.385 e. The van der Waals surface area contributed by atoms with Gasteiger partial charge >= 0.3 is 0 Å². The van der Waals surface area contributed by atoms with Crippen molar-refractivity contribution in [3.63, 3.8) is 0 Å². The molecule has 0 radical (unpaired) electrons. The monoisotopic (exact) mass is 342 g/mol. The van der Waals surface area contributed by atoms with Crippen molar-refractivity contribution < 1.29 is 17.9 Å². The smallest absolute Gasteiger partial charge is 0.240 e. The molecule has 0 aliphatic heterocycles. The molecule has 7 heteroatoms. The first-order valence-corrected chi connectivity index (χ1v) is 9.01. The molecule has 1 aromatic rings. The van der Waals surface area contributed by atoms with Crippen molar-refractivity contribution in [1.29, 1.82) is 0 Å². The van der Waals surface area contributed by atoms with Crippen LogP contribution in [0, 0.1) is 5.41 Å². The fourth-order valence-electron chi connectivity index (χ4n) is 1.91. The first-order valence-electron chi connectivity index (χ1n) is 7.52. The zero-order valence-corrected chi connectivity index (χ0v) is 15.0. The maximum absolute atomic E-state index is 12.1. The summed E-state index contributed by atoms with van der Waals surface area (Å²) in [5.74, 6) is -0.0919. The van der Waals surface area contributed by atoms with Gasteiger partial charge in [-0.15, -0.1) is 0 Å². The number of hydrogen-bond donors (Lipinski definition) is 2. The Morgan fingerprint density at radius 1 is 1.17 bits per heavy atom. The van der Waals surface area contributed by atoms with E-state index in [0.717, 1.165) is 0 Å². The van der Waals surface area contributed by atoms with Gasteiger partial charge < -0.3 is 10.1 Å². The van der Waals surface area contributed by atoms with Gasteiger partial charge in [-0.05, 0) is 36.1 Å². The molecule has 0 fully saturated rings. The van der Waals surface area contributed by atoms with Gasteiger partial charge in [0, 0.05) is 32.4 Å². The predicted molar refractivity (Wildman–Crippen MR) is 90.8 cm³/mol. The van der Waals surface area contributed by atoms with Crippen LogP contribution in [-0.4, -0.2) is 34.6 Å². The summed E-state index contributed by atoms with van der Waals surface area (Å²) in [5, 5.41) is 2.77. The molecule has 1 amide bonds. The summed E-state index contributed by atoms with van der Waals surface area (Å²) in [4.78, 5) is 12.0. The molecule has 130 valence electrons. The molecule has 0 saturated heterocycles. The van der Waals surface area contributed by atoms with Gasteiger partial charge in [0.05, 0.1) is 4.90 Å². The molecule has 23 heavy (non-hydrogen) atoms. The van der Waals surface area contributed by atoms with Gasteiger partial charge in [-0.1, -0.05) is 20.8 Å². The average Bonchev–Trinajstić information content (AvgIpc) is 2.42. The number of hydrogen-bond acceptors (Lipinski definition) is 4. The third kappa shape index (κ3) is 7.58. The van der Waals surface area contributed by atoms with E-state index in [1.165, 1.54) is 12.1 Å². The SMILES string of the molecule is COCCCNS(=O)(=O)c1ccc(NC(=O)CC(C)(C)C)cc1. The van der Waals surface area contributed by atoms with Crippen LogP contribution >= 0.6 is 0 Å². The first-order chi connectivity index (χ1) is 10.6. The number of amides is 1. The number of rotatable bonds is 8. The molecule has 0 aromatic heterocycles. The van der Waals surface area contributed by atoms with Crippen LogP contribution in [0.2, 0.25) is 0 Å². The predicted octanol–water partition coefficient (Wildman–Crippen LogP) is 2.38. The Labute approximate surface area is 138 Å². The molecule has 0 heterocycles. The van der Waals surface area contributed by atoms with Crippen molar-refractivity contribution in [2.24, 2.45) is 5.41 Å². The van der Waals surface area contributed by atoms with Gasteiger partial charge in [-0.3, -0.25) is 4.79 Å². The molecular weight excluding hydrogens is 316 g/mol. The van der Waals surface area contributed by atoms with Crippen molar-refractivity contribution in [3.05, 3.63) is 24.3 Å². The van der Waals surface area contributed by atoms with Crippen molar-refractivity contribution >= 4 is 21.6 Å². The minimum Gasteiger partial charge on any atom is -0.385 e. The van der Waals surface area contributed by atoms with Crippen molar-refractivity contribution in [1.82, 2.24) is 4.72 Å². The molecule has 0 aliphatic rings. The third-order valence-corrected chi connectivity index (χ3v) is 4.43. The number of nitrogens with one attached hydrogen (secondary N) is 2. The van der Waals surface area contributed by atoms with E-state index in [1.807, 2.05) is 20.8 Å². The Morgan fingerprint density at radius 3 is 2.30 bits per heavy atom. The third-order valence-electron chi connectivity index (χ3n) is 2.96. The fourth-order valence-corrected chi connectivity index (χ4v) is 2.98. The fraction of sp³-hybridized carbons (Fsp3) is 0.562. The standard InChI is InChI=1S/C16H26N2O4S/c1-16(2,3)12-15(19)18-13-6-8-14(9-7-13)23(20,21)17-10-5-11-22-4/h6-9,17H,5,10-12H2,1-4H3,(H,18,19). The molecule has 2 N–H and O–H groups in total. The van der Waals surface area contributed by atoms with Crippen LogP contribution in [0.1, 0.15) is 33.6 Å². The minimum atomic E-state index is -3.53. The Bertz CT molecular complexity index is 604. The van der Waals surface area contributed by atoms with Gasteiger partial charge in [-0.2, -0.15) is 0 Å². The lowest BCUT2D eigenvalue weighted by molar-refractivity contribution is -0.117. The van der Waals surface area contributed by atoms with Crippen LogP contribution in [-0.2, 0) is 19.6 Å². The molecular formula is C16H26N2O4S. The number of carbonyl (C=O) groups is 1. The minimum absolute atomic E-state index is 0.0919. The van der Waals surface area contributed by atoms with Crippen LogP contribution < -0.4 is 10.0 Å². The zero-order chi connectivity index (χ0) is 17.5. The summed E-state index contributed by atoms with van der Waals surface area (Å²) >= 11 is 0. The number of benzene rings is 1. The number of sulfonamides is 1. The van der Waals surface area contributed by atoms with E-state index in [9.17, 15) is 13.2 Å². The van der Waals surface area contributed by atoms with E-state index in [-0.39, 0.29) is 16.2 Å². The van der Waals surface area contributed by atoms with Crippen LogP contribution in [0.25, 0.3) is 0 Å². The van der Waals surface area contributed by atoms with Gasteiger partial charge in [0.25, 0.3) is 0 Å². The Balaban J connectivity index is 2.63. The maximum Gasteiger partial charge on any atom is 0.240 e. The zero-order valence-electron chi connectivity index (χ0n) is 14.2. The molecule has 0 bridgehead atoms. The van der Waals surface area contributed by atoms with Crippen molar-refractivity contribution in [3.8, 4) is 0 Å². The van der Waals surface area contributed by atoms with E-state index < -0.39 is 10.0 Å². The Kier molecular flexibility index (Phi) is 7.18. The van der Waals surface area contributed by atoms with E-state index in [2.05, 4.69) is 10.0 Å². The molecule has 0 saturated carbocycles. The topological polar surface area (TPSA) is 84.5 Å². The van der Waals surface area contributed by atoms with Crippen LogP contribution in [0.5, 0.6) is 0 Å². The summed E-state index contributed by atoms with van der Waals surface area (Å²) in [5.41, 5.74) is 0.483. The number of methoxy groups -OCH3 is 1. The van der Waals surface area contributed by atoms with Crippen LogP contribution in [0.15, 0.2) is 29.2 Å². The van der Waals surface area contributed by atoms with Gasteiger partial charge in [-0.25, -0.2) is 13.1 Å². The van der Waals surface area contributed by atoms with E-state index in [0.29, 0.717) is 31.7 Å². The van der Waals surface area contributed by atoms with E-state index >= 15 is 0 Å². The van der Waals surface area contributed by atoms with Crippen molar-refractivity contribution in [2.45, 2.75) is 38.5 Å². The molecule has 0 unspecified atom stereocenters. The summed E-state index contributed by atoms with van der Waals surface area (Å²) in [7, 11) is -1.96. The first kappa shape index (κ1) is 19.6. The molecule has 0 atom stereocenters. The molecule has 0 aliphatic carbocycles. The highest BCUT2D eigenvalue weighted by Crippen LogP contribution is 2.20. The molecule has 6 nitrogen and oxygen atoms in total. The molecule has 0 spiro atoms. The Morgan fingerprint density at radius 2 is 1.78 bits per heavy atom. The summed E-state index contributed by atoms with van der Waals surface area (Å²) < 4.78 is 31.5. The maximum atomic E-state index is 12.1. The van der Waals surface area contributed by atoms with Gasteiger partial charge in [0.15, 0.2) is 0 Å². The van der Waals surface area contributed by atoms with Gasteiger partial charge in [0.2, 0.25) is 15.9 Å². The van der Waals surface area contributed by atoms with Gasteiger partial charge in [0.1, 0.15) is 0 Å². The second kappa shape index (κ2) is 8.42. The summed E-state index contributed by atoms with van der Waals surface area (Å²) in [6.07, 6.45) is 1.00. The summed E-state index contributed by atoms with van der Waals surface area (Å²) in [6.45, 7) is 6.77. The highest BCUT2D eigenvalue weighted by molar-refractivity contribution is 7.89. The number of carbonyl (C=O) groups excluding carboxylic acids is 1. The second-order valence-corrected chi connectivity index (χ2v) is 8.32. The highest BCUT2D eigenvalue weighted by Gasteiger charge is 2.17. The van der Waals surface area contributed by atoms with Crippen molar-refractivity contribution in [2.75, 3.05) is 25.6 Å². The number of ether oxygens (including phenoxy) is 1. The van der Waals surface area contributed by atoms with Crippen LogP contribution in [0.3, 0.4) is 0 Å².